The van der Waals surface area contributed by atoms with Gasteiger partial charge in [0, 0.05) is 21.2 Å². The minimum absolute atomic E-state index is 0.115. The van der Waals surface area contributed by atoms with Crippen molar-refractivity contribution >= 4 is 52.2 Å². The molecule has 0 fully saturated rings. The molecule has 0 saturated carbocycles. The van der Waals surface area contributed by atoms with Gasteiger partial charge in [0.1, 0.15) is 0 Å². The van der Waals surface area contributed by atoms with Gasteiger partial charge in [0.05, 0.1) is 17.1 Å². The van der Waals surface area contributed by atoms with E-state index in [0.717, 1.165) is 11.1 Å². The van der Waals surface area contributed by atoms with Crippen LogP contribution >= 0.6 is 34.8 Å². The molecule has 3 rings (SSSR count). The number of carbonyl (C=O) groups is 2. The first kappa shape index (κ1) is 20.4. The minimum atomic E-state index is -0.220. The lowest BCUT2D eigenvalue weighted by Gasteiger charge is -2.10. The summed E-state index contributed by atoms with van der Waals surface area (Å²) in [7, 11) is 0. The second-order valence-electron chi connectivity index (χ2n) is 6.40. The van der Waals surface area contributed by atoms with Crippen molar-refractivity contribution in [3.8, 4) is 0 Å². The highest BCUT2D eigenvalue weighted by Crippen LogP contribution is 2.23. The average molecular weight is 433 g/mol. The van der Waals surface area contributed by atoms with Crippen molar-refractivity contribution in [2.45, 2.75) is 13.3 Å². The first-order valence-corrected chi connectivity index (χ1v) is 9.61. The standard InChI is InChI=1S/C22H16Cl3NO2/c1-13-6-14(9-21(27)26-20-5-3-2-4-19(20)25)8-15(7-13)22(28)16-10-17(23)12-18(24)11-16/h2-8,10-12H,9H2,1H3,(H,26,27). The highest BCUT2D eigenvalue weighted by molar-refractivity contribution is 6.35. The van der Waals surface area contributed by atoms with Crippen LogP contribution in [0.1, 0.15) is 27.0 Å². The Kier molecular flexibility index (Phi) is 6.40. The number of benzene rings is 3. The van der Waals surface area contributed by atoms with Crippen LogP contribution in [0.3, 0.4) is 0 Å². The van der Waals surface area contributed by atoms with Crippen LogP contribution < -0.4 is 5.32 Å². The summed E-state index contributed by atoms with van der Waals surface area (Å²) in [6, 6.07) is 17.1. The lowest BCUT2D eigenvalue weighted by atomic mass is 9.97. The lowest BCUT2D eigenvalue weighted by molar-refractivity contribution is -0.115. The lowest BCUT2D eigenvalue weighted by Crippen LogP contribution is -2.15. The summed E-state index contributed by atoms with van der Waals surface area (Å²) in [5.41, 5.74) is 3.01. The second-order valence-corrected chi connectivity index (χ2v) is 7.68. The van der Waals surface area contributed by atoms with Crippen molar-refractivity contribution in [3.63, 3.8) is 0 Å². The van der Waals surface area contributed by atoms with Crippen molar-refractivity contribution in [2.75, 3.05) is 5.32 Å². The SMILES string of the molecule is Cc1cc(CC(=O)Nc2ccccc2Cl)cc(C(=O)c2cc(Cl)cc(Cl)c2)c1. The summed E-state index contributed by atoms with van der Waals surface area (Å²) < 4.78 is 0. The fraction of sp³-hybridized carbons (Fsp3) is 0.0909. The van der Waals surface area contributed by atoms with Gasteiger partial charge in [-0.3, -0.25) is 9.59 Å². The molecule has 0 aliphatic rings. The molecule has 0 bridgehead atoms. The van der Waals surface area contributed by atoms with Crippen LogP contribution in [0, 0.1) is 6.92 Å². The predicted octanol–water partition coefficient (Wildman–Crippen LogP) is 6.37. The van der Waals surface area contributed by atoms with E-state index in [1.54, 1.807) is 54.6 Å². The van der Waals surface area contributed by atoms with Crippen LogP contribution in [0.2, 0.25) is 15.1 Å². The predicted molar refractivity (Wildman–Crippen MR) is 115 cm³/mol. The van der Waals surface area contributed by atoms with E-state index in [9.17, 15) is 9.59 Å². The molecule has 6 heteroatoms. The van der Waals surface area contributed by atoms with Gasteiger partial charge in [-0.15, -0.1) is 0 Å². The van der Waals surface area contributed by atoms with E-state index in [1.165, 1.54) is 0 Å². The third kappa shape index (κ3) is 5.14. The zero-order chi connectivity index (χ0) is 20.3. The Labute approximate surface area is 178 Å². The molecule has 3 nitrogen and oxygen atoms in total. The topological polar surface area (TPSA) is 46.2 Å². The fourth-order valence-corrected chi connectivity index (χ4v) is 3.60. The molecule has 0 spiro atoms. The van der Waals surface area contributed by atoms with Crippen molar-refractivity contribution in [1.29, 1.82) is 0 Å². The number of carbonyl (C=O) groups excluding carboxylic acids is 2. The van der Waals surface area contributed by atoms with Crippen molar-refractivity contribution in [1.82, 2.24) is 0 Å². The van der Waals surface area contributed by atoms with E-state index in [0.29, 0.717) is 31.9 Å². The van der Waals surface area contributed by atoms with Crippen LogP contribution in [0.25, 0.3) is 0 Å². The Bertz CT molecular complexity index is 1040. The first-order chi connectivity index (χ1) is 13.3. The largest absolute Gasteiger partial charge is 0.324 e. The molecule has 0 aliphatic heterocycles. The van der Waals surface area contributed by atoms with Gasteiger partial charge in [0.25, 0.3) is 0 Å². The molecule has 142 valence electrons. The Morgan fingerprint density at radius 2 is 1.50 bits per heavy atom. The Balaban J connectivity index is 1.82. The molecule has 1 amide bonds. The molecule has 3 aromatic rings. The Hall–Kier alpha value is -2.33. The summed E-state index contributed by atoms with van der Waals surface area (Å²) >= 11 is 18.1. The summed E-state index contributed by atoms with van der Waals surface area (Å²) in [6.45, 7) is 1.87. The molecule has 3 aromatic carbocycles. The second kappa shape index (κ2) is 8.78. The van der Waals surface area contributed by atoms with Crippen molar-refractivity contribution in [2.24, 2.45) is 0 Å². The van der Waals surface area contributed by atoms with Crippen LogP contribution in [-0.4, -0.2) is 11.7 Å². The number of nitrogens with one attached hydrogen (secondary N) is 1. The maximum Gasteiger partial charge on any atom is 0.228 e. The average Bonchev–Trinajstić information content (AvgIpc) is 2.61. The monoisotopic (exact) mass is 431 g/mol. The number of aryl methyl sites for hydroxylation is 1. The van der Waals surface area contributed by atoms with Gasteiger partial charge in [-0.2, -0.15) is 0 Å². The van der Waals surface area contributed by atoms with Gasteiger partial charge in [0.2, 0.25) is 5.91 Å². The molecular weight excluding hydrogens is 417 g/mol. The van der Waals surface area contributed by atoms with Gasteiger partial charge >= 0.3 is 0 Å². The van der Waals surface area contributed by atoms with Crippen LogP contribution in [0.4, 0.5) is 5.69 Å². The van der Waals surface area contributed by atoms with E-state index >= 15 is 0 Å². The van der Waals surface area contributed by atoms with Gasteiger partial charge in [0.15, 0.2) is 5.78 Å². The Morgan fingerprint density at radius 1 is 0.857 bits per heavy atom. The van der Waals surface area contributed by atoms with E-state index in [2.05, 4.69) is 5.32 Å². The van der Waals surface area contributed by atoms with Gasteiger partial charge in [-0.1, -0.05) is 58.6 Å². The van der Waals surface area contributed by atoms with E-state index in [4.69, 9.17) is 34.8 Å². The number of para-hydroxylation sites is 1. The van der Waals surface area contributed by atoms with Gasteiger partial charge in [-0.25, -0.2) is 0 Å². The maximum atomic E-state index is 12.8. The number of ketones is 1. The summed E-state index contributed by atoms with van der Waals surface area (Å²) in [4.78, 5) is 25.2. The third-order valence-corrected chi connectivity index (χ3v) is 4.80. The molecule has 0 atom stereocenters. The molecule has 0 saturated heterocycles. The fourth-order valence-electron chi connectivity index (χ4n) is 2.89. The third-order valence-electron chi connectivity index (χ3n) is 4.04. The Morgan fingerprint density at radius 3 is 2.18 bits per heavy atom. The number of hydrogen-bond acceptors (Lipinski definition) is 2. The number of hydrogen-bond donors (Lipinski definition) is 1. The van der Waals surface area contributed by atoms with Crippen molar-refractivity contribution in [3.05, 3.63) is 98.0 Å². The molecule has 0 heterocycles. The van der Waals surface area contributed by atoms with E-state index in [1.807, 2.05) is 13.0 Å². The molecule has 0 aliphatic carbocycles. The zero-order valence-electron chi connectivity index (χ0n) is 14.9. The highest BCUT2D eigenvalue weighted by atomic mass is 35.5. The van der Waals surface area contributed by atoms with Crippen molar-refractivity contribution < 1.29 is 9.59 Å². The van der Waals surface area contributed by atoms with E-state index in [-0.39, 0.29) is 18.1 Å². The van der Waals surface area contributed by atoms with Gasteiger partial charge in [-0.05, 0) is 55.0 Å². The smallest absolute Gasteiger partial charge is 0.228 e. The summed E-state index contributed by atoms with van der Waals surface area (Å²) in [5.74, 6) is -0.427. The molecule has 0 radical (unpaired) electrons. The first-order valence-electron chi connectivity index (χ1n) is 8.47. The maximum absolute atomic E-state index is 12.8. The van der Waals surface area contributed by atoms with Crippen LogP contribution in [0.15, 0.2) is 60.7 Å². The number of amides is 1. The molecule has 28 heavy (non-hydrogen) atoms. The van der Waals surface area contributed by atoms with Crippen LogP contribution in [-0.2, 0) is 11.2 Å². The van der Waals surface area contributed by atoms with Crippen LogP contribution in [0.5, 0.6) is 0 Å². The molecule has 1 N–H and O–H groups in total. The number of halogens is 3. The molecule has 0 aromatic heterocycles. The molecule has 0 unspecified atom stereocenters. The summed E-state index contributed by atoms with van der Waals surface area (Å²) in [5, 5.41) is 4.03. The molecular formula is C22H16Cl3NO2. The van der Waals surface area contributed by atoms with E-state index < -0.39 is 0 Å². The van der Waals surface area contributed by atoms with Gasteiger partial charge < -0.3 is 5.32 Å². The summed E-state index contributed by atoms with van der Waals surface area (Å²) in [6.07, 6.45) is 0.115. The highest BCUT2D eigenvalue weighted by Gasteiger charge is 2.14. The zero-order valence-corrected chi connectivity index (χ0v) is 17.2. The number of anilines is 1. The normalized spacial score (nSPS) is 10.6. The number of rotatable bonds is 5. The quantitative estimate of drug-likeness (QED) is 0.476. The minimum Gasteiger partial charge on any atom is -0.324 e.